The van der Waals surface area contributed by atoms with E-state index in [2.05, 4.69) is 45.4 Å². The third kappa shape index (κ3) is 4.53. The lowest BCUT2D eigenvalue weighted by atomic mass is 9.96. The Bertz CT molecular complexity index is 1140. The average Bonchev–Trinajstić information content (AvgIpc) is 3.27. The van der Waals surface area contributed by atoms with Gasteiger partial charge in [-0.3, -0.25) is 9.78 Å². The molecule has 3 N–H and O–H groups in total. The first kappa shape index (κ1) is 22.0. The minimum atomic E-state index is -0.0836. The molecule has 1 fully saturated rings. The molecule has 0 bridgehead atoms. The quantitative estimate of drug-likeness (QED) is 0.480. The van der Waals surface area contributed by atoms with Gasteiger partial charge in [0.25, 0.3) is 0 Å². The number of nitrogens with zero attached hydrogens (tertiary/aromatic N) is 2. The van der Waals surface area contributed by atoms with E-state index in [1.807, 2.05) is 50.2 Å². The normalized spacial score (nSPS) is 18.0. The summed E-state index contributed by atoms with van der Waals surface area (Å²) in [6.45, 7) is 8.66. The zero-order valence-electron chi connectivity index (χ0n) is 18.9. The number of aromatic amines is 1. The molecule has 3 heterocycles. The number of hydrogen-bond acceptors (Lipinski definition) is 3. The van der Waals surface area contributed by atoms with Gasteiger partial charge >= 0.3 is 0 Å². The molecular formula is C25H29N5OS. The van der Waals surface area contributed by atoms with Gasteiger partial charge in [0.1, 0.15) is 0 Å². The van der Waals surface area contributed by atoms with E-state index in [1.54, 1.807) is 6.20 Å². The molecule has 166 valence electrons. The van der Waals surface area contributed by atoms with Gasteiger partial charge in [0.2, 0.25) is 5.91 Å². The third-order valence-electron chi connectivity index (χ3n) is 5.95. The van der Waals surface area contributed by atoms with E-state index in [4.69, 9.17) is 12.2 Å². The molecular weight excluding hydrogens is 418 g/mol. The molecule has 6 nitrogen and oxygen atoms in total. The number of benzene rings is 1. The topological polar surface area (TPSA) is 73.1 Å². The van der Waals surface area contributed by atoms with Gasteiger partial charge in [-0.25, -0.2) is 0 Å². The number of carbonyl (C=O) groups excluding carboxylic acids is 1. The Balaban J connectivity index is 1.56. The zero-order valence-corrected chi connectivity index (χ0v) is 19.7. The van der Waals surface area contributed by atoms with Crippen LogP contribution in [0.1, 0.15) is 52.3 Å². The highest BCUT2D eigenvalue weighted by Gasteiger charge is 2.40. The van der Waals surface area contributed by atoms with Crippen molar-refractivity contribution < 1.29 is 4.79 Å². The molecule has 2 aromatic heterocycles. The summed E-state index contributed by atoms with van der Waals surface area (Å²) in [6.07, 6.45) is 2.13. The lowest BCUT2D eigenvalue weighted by molar-refractivity contribution is -0.116. The van der Waals surface area contributed by atoms with Crippen molar-refractivity contribution in [1.82, 2.24) is 20.2 Å². The second kappa shape index (κ2) is 9.12. The number of amides is 1. The molecule has 1 aliphatic heterocycles. The van der Waals surface area contributed by atoms with Crippen LogP contribution < -0.4 is 10.6 Å². The molecule has 0 spiro atoms. The Kier molecular flexibility index (Phi) is 6.28. The van der Waals surface area contributed by atoms with Crippen molar-refractivity contribution >= 4 is 28.9 Å². The van der Waals surface area contributed by atoms with E-state index < -0.39 is 0 Å². The van der Waals surface area contributed by atoms with Crippen LogP contribution in [-0.4, -0.2) is 32.4 Å². The summed E-state index contributed by atoms with van der Waals surface area (Å²) in [5.74, 6) is -0.0245. The van der Waals surface area contributed by atoms with Crippen molar-refractivity contribution in [3.63, 3.8) is 0 Å². The Hall–Kier alpha value is -3.19. The molecule has 1 aliphatic rings. The fourth-order valence-electron chi connectivity index (χ4n) is 4.34. The van der Waals surface area contributed by atoms with Crippen LogP contribution in [0, 0.1) is 27.7 Å². The largest absolute Gasteiger partial charge is 0.362 e. The van der Waals surface area contributed by atoms with Gasteiger partial charge < -0.3 is 20.5 Å². The molecule has 1 amide bonds. The van der Waals surface area contributed by atoms with Crippen LogP contribution in [-0.2, 0) is 4.79 Å². The summed E-state index contributed by atoms with van der Waals surface area (Å²) in [5, 5.41) is 7.14. The van der Waals surface area contributed by atoms with Crippen molar-refractivity contribution in [2.24, 2.45) is 0 Å². The highest BCUT2D eigenvalue weighted by Crippen LogP contribution is 2.40. The van der Waals surface area contributed by atoms with E-state index in [1.165, 1.54) is 5.56 Å². The Labute approximate surface area is 194 Å². The smallest absolute Gasteiger partial charge is 0.226 e. The lowest BCUT2D eigenvalue weighted by Crippen LogP contribution is -2.32. The number of pyridine rings is 1. The molecule has 0 radical (unpaired) electrons. The molecule has 1 aromatic carbocycles. The monoisotopic (exact) mass is 447 g/mol. The highest BCUT2D eigenvalue weighted by atomic mass is 32.1. The first-order valence-corrected chi connectivity index (χ1v) is 11.3. The van der Waals surface area contributed by atoms with Crippen molar-refractivity contribution in [1.29, 1.82) is 0 Å². The van der Waals surface area contributed by atoms with Gasteiger partial charge in [0.05, 0.1) is 17.8 Å². The number of aryl methyl sites for hydroxylation is 4. The average molecular weight is 448 g/mol. The minimum Gasteiger partial charge on any atom is -0.362 e. The van der Waals surface area contributed by atoms with Crippen molar-refractivity contribution in [3.05, 3.63) is 82.4 Å². The van der Waals surface area contributed by atoms with Gasteiger partial charge in [-0.1, -0.05) is 18.2 Å². The van der Waals surface area contributed by atoms with E-state index >= 15 is 0 Å². The minimum absolute atomic E-state index is 0.0245. The number of carbonyl (C=O) groups is 1. The summed E-state index contributed by atoms with van der Waals surface area (Å²) >= 11 is 5.71. The number of rotatable bonds is 6. The number of aromatic nitrogens is 2. The number of hydrogen-bond donors (Lipinski definition) is 3. The predicted molar refractivity (Wildman–Crippen MR) is 132 cm³/mol. The van der Waals surface area contributed by atoms with Gasteiger partial charge in [-0.15, -0.1) is 0 Å². The predicted octanol–water partition coefficient (Wildman–Crippen LogP) is 4.64. The van der Waals surface area contributed by atoms with Crippen molar-refractivity contribution in [2.45, 2.75) is 46.2 Å². The highest BCUT2D eigenvalue weighted by molar-refractivity contribution is 7.80. The first-order valence-electron chi connectivity index (χ1n) is 10.8. The van der Waals surface area contributed by atoms with Crippen LogP contribution in [0.3, 0.4) is 0 Å². The van der Waals surface area contributed by atoms with E-state index in [-0.39, 0.29) is 18.0 Å². The molecule has 0 saturated carbocycles. The summed E-state index contributed by atoms with van der Waals surface area (Å²) < 4.78 is 0. The standard InChI is InChI=1S/C25H29N5OS/c1-15-8-9-16(2)21(13-15)28-22(31)10-12-30-24(19-14-17(3)27-18(19)4)23(29-25(30)32)20-7-5-6-11-26-20/h5-9,11,13-14,23-24,27H,10,12H2,1-4H3,(H,28,31)(H,29,32)/t23-,24-/m0/s1. The first-order chi connectivity index (χ1) is 15.3. The Morgan fingerprint density at radius 3 is 2.66 bits per heavy atom. The van der Waals surface area contributed by atoms with Crippen molar-refractivity contribution in [2.75, 3.05) is 11.9 Å². The molecule has 7 heteroatoms. The van der Waals surface area contributed by atoms with E-state index in [0.717, 1.165) is 33.9 Å². The van der Waals surface area contributed by atoms with Crippen molar-refractivity contribution in [3.8, 4) is 0 Å². The molecule has 3 aromatic rings. The van der Waals surface area contributed by atoms with E-state index in [9.17, 15) is 4.79 Å². The van der Waals surface area contributed by atoms with Crippen LogP contribution in [0.25, 0.3) is 0 Å². The second-order valence-electron chi connectivity index (χ2n) is 8.47. The van der Waals surface area contributed by atoms with Crippen LogP contribution in [0.15, 0.2) is 48.7 Å². The Morgan fingerprint density at radius 1 is 1.16 bits per heavy atom. The van der Waals surface area contributed by atoms with Gasteiger partial charge in [-0.05, 0) is 80.9 Å². The summed E-state index contributed by atoms with van der Waals surface area (Å²) in [6, 6.07) is 14.0. The second-order valence-corrected chi connectivity index (χ2v) is 8.86. The molecule has 0 unspecified atom stereocenters. The number of nitrogens with one attached hydrogen (secondary N) is 3. The van der Waals surface area contributed by atoms with Crippen LogP contribution in [0.2, 0.25) is 0 Å². The number of H-pyrrole nitrogens is 1. The maximum atomic E-state index is 12.8. The van der Waals surface area contributed by atoms with E-state index in [0.29, 0.717) is 18.1 Å². The SMILES string of the molecule is Cc1ccc(C)c(NC(=O)CCN2C(=S)N[C@@H](c3ccccn3)[C@@H]2c2cc(C)[nH]c2C)c1. The van der Waals surface area contributed by atoms with Gasteiger partial charge in [0.15, 0.2) is 5.11 Å². The van der Waals surface area contributed by atoms with Crippen LogP contribution in [0.4, 0.5) is 5.69 Å². The lowest BCUT2D eigenvalue weighted by Gasteiger charge is -2.27. The molecule has 32 heavy (non-hydrogen) atoms. The fraction of sp³-hybridized carbons (Fsp3) is 0.320. The maximum Gasteiger partial charge on any atom is 0.226 e. The molecule has 2 atom stereocenters. The van der Waals surface area contributed by atoms with Gasteiger partial charge in [-0.2, -0.15) is 0 Å². The van der Waals surface area contributed by atoms with Gasteiger partial charge in [0, 0.05) is 36.2 Å². The fourth-order valence-corrected chi connectivity index (χ4v) is 4.67. The molecule has 0 aliphatic carbocycles. The molecule has 1 saturated heterocycles. The number of thiocarbonyl (C=S) groups is 1. The maximum absolute atomic E-state index is 12.8. The van der Waals surface area contributed by atoms with Crippen LogP contribution >= 0.6 is 12.2 Å². The zero-order chi connectivity index (χ0) is 22.8. The molecule has 4 rings (SSSR count). The summed E-state index contributed by atoms with van der Waals surface area (Å²) in [4.78, 5) is 22.9. The summed E-state index contributed by atoms with van der Waals surface area (Å²) in [7, 11) is 0. The number of anilines is 1. The summed E-state index contributed by atoms with van der Waals surface area (Å²) in [5.41, 5.74) is 7.33. The van der Waals surface area contributed by atoms with Crippen LogP contribution in [0.5, 0.6) is 0 Å². The third-order valence-corrected chi connectivity index (χ3v) is 6.31. The Morgan fingerprint density at radius 2 is 1.97 bits per heavy atom.